The maximum Gasteiger partial charge on any atom is 0.228 e. The average Bonchev–Trinajstić information content (AvgIpc) is 2.96. The maximum atomic E-state index is 12.5. The Morgan fingerprint density at radius 1 is 1.12 bits per heavy atom. The van der Waals surface area contributed by atoms with Crippen LogP contribution in [0.2, 0.25) is 0 Å². The Balaban J connectivity index is 1.57. The van der Waals surface area contributed by atoms with Crippen LogP contribution < -0.4 is 4.74 Å². The zero-order valence-electron chi connectivity index (χ0n) is 14.5. The predicted octanol–water partition coefficient (Wildman–Crippen LogP) is 2.92. The Kier molecular flexibility index (Phi) is 5.03. The molecule has 1 unspecified atom stereocenters. The molecule has 1 aliphatic heterocycles. The highest BCUT2D eigenvalue weighted by molar-refractivity contribution is 5.89. The fourth-order valence-corrected chi connectivity index (χ4v) is 2.98. The highest BCUT2D eigenvalue weighted by atomic mass is 16.5. The number of para-hydroxylation sites is 1. The van der Waals surface area contributed by atoms with Gasteiger partial charge in [-0.25, -0.2) is 0 Å². The van der Waals surface area contributed by atoms with E-state index in [1.165, 1.54) is 0 Å². The van der Waals surface area contributed by atoms with Crippen molar-refractivity contribution < 1.29 is 14.3 Å². The largest absolute Gasteiger partial charge is 0.457 e. The fraction of sp³-hybridized carbons (Fsp3) is 0.300. The fourth-order valence-electron chi connectivity index (χ4n) is 2.98. The Labute approximate surface area is 147 Å². The first-order valence-electron chi connectivity index (χ1n) is 8.33. The average molecular weight is 338 g/mol. The molecule has 2 aromatic rings. The molecular formula is C20H22N2O3. The lowest BCUT2D eigenvalue weighted by molar-refractivity contribution is -0.135. The molecule has 2 aromatic carbocycles. The normalized spacial score (nSPS) is 16.8. The lowest BCUT2D eigenvalue weighted by Crippen LogP contribution is -2.33. The van der Waals surface area contributed by atoms with Crippen molar-refractivity contribution in [1.82, 2.24) is 9.80 Å². The number of carbonyl (C=O) groups excluding carboxylic acids is 2. The summed E-state index contributed by atoms with van der Waals surface area (Å²) in [7, 11) is 3.51. The van der Waals surface area contributed by atoms with Crippen LogP contribution in [0.1, 0.15) is 12.0 Å². The summed E-state index contributed by atoms with van der Waals surface area (Å²) >= 11 is 0. The van der Waals surface area contributed by atoms with Crippen LogP contribution >= 0.6 is 0 Å². The van der Waals surface area contributed by atoms with Crippen LogP contribution in [0.5, 0.6) is 11.5 Å². The summed E-state index contributed by atoms with van der Waals surface area (Å²) in [4.78, 5) is 27.4. The Morgan fingerprint density at radius 3 is 2.36 bits per heavy atom. The molecule has 3 rings (SSSR count). The van der Waals surface area contributed by atoms with Gasteiger partial charge in [-0.15, -0.1) is 0 Å². The van der Waals surface area contributed by atoms with Gasteiger partial charge >= 0.3 is 0 Å². The van der Waals surface area contributed by atoms with Gasteiger partial charge in [-0.2, -0.15) is 0 Å². The summed E-state index contributed by atoms with van der Waals surface area (Å²) in [5.41, 5.74) is 1.02. The molecule has 0 aromatic heterocycles. The van der Waals surface area contributed by atoms with Crippen LogP contribution in [-0.4, -0.2) is 42.3 Å². The van der Waals surface area contributed by atoms with Gasteiger partial charge in [-0.3, -0.25) is 9.59 Å². The van der Waals surface area contributed by atoms with Crippen LogP contribution in [0, 0.1) is 5.92 Å². The Hall–Kier alpha value is -2.82. The molecule has 5 nitrogen and oxygen atoms in total. The van der Waals surface area contributed by atoms with Crippen molar-refractivity contribution in [3.05, 3.63) is 60.2 Å². The van der Waals surface area contributed by atoms with Gasteiger partial charge in [0.2, 0.25) is 11.8 Å². The number of ether oxygens (including phenoxy) is 1. The second-order valence-corrected chi connectivity index (χ2v) is 6.43. The summed E-state index contributed by atoms with van der Waals surface area (Å²) in [5, 5.41) is 0. The molecule has 1 heterocycles. The molecule has 1 fully saturated rings. The van der Waals surface area contributed by atoms with E-state index in [0.717, 1.165) is 17.1 Å². The minimum Gasteiger partial charge on any atom is -0.457 e. The topological polar surface area (TPSA) is 49.9 Å². The number of nitrogens with zero attached hydrogens (tertiary/aromatic N) is 2. The van der Waals surface area contributed by atoms with Crippen molar-refractivity contribution in [2.45, 2.75) is 13.0 Å². The lowest BCUT2D eigenvalue weighted by atomic mass is 10.1. The van der Waals surface area contributed by atoms with E-state index in [0.29, 0.717) is 19.5 Å². The number of likely N-dealkylation sites (tertiary alicyclic amines) is 1. The molecular weight excluding hydrogens is 316 g/mol. The summed E-state index contributed by atoms with van der Waals surface area (Å²) in [6, 6.07) is 17.3. The van der Waals surface area contributed by atoms with E-state index in [9.17, 15) is 9.59 Å². The Morgan fingerprint density at radius 2 is 1.76 bits per heavy atom. The molecule has 0 aliphatic carbocycles. The molecule has 25 heavy (non-hydrogen) atoms. The first-order valence-corrected chi connectivity index (χ1v) is 8.33. The van der Waals surface area contributed by atoms with Gasteiger partial charge in [-0.05, 0) is 29.8 Å². The molecule has 1 atom stereocenters. The highest BCUT2D eigenvalue weighted by Crippen LogP contribution is 2.22. The van der Waals surface area contributed by atoms with Gasteiger partial charge < -0.3 is 14.5 Å². The molecule has 5 heteroatoms. The lowest BCUT2D eigenvalue weighted by Gasteiger charge is -2.21. The third-order valence-corrected chi connectivity index (χ3v) is 4.39. The van der Waals surface area contributed by atoms with Crippen molar-refractivity contribution >= 4 is 11.8 Å². The minimum absolute atomic E-state index is 0.0160. The molecule has 0 saturated carbocycles. The molecule has 130 valence electrons. The zero-order valence-corrected chi connectivity index (χ0v) is 14.5. The minimum atomic E-state index is -0.233. The number of hydrogen-bond acceptors (Lipinski definition) is 3. The second-order valence-electron chi connectivity index (χ2n) is 6.43. The van der Waals surface area contributed by atoms with Crippen molar-refractivity contribution in [3.8, 4) is 11.5 Å². The van der Waals surface area contributed by atoms with Crippen molar-refractivity contribution in [2.75, 3.05) is 20.6 Å². The monoisotopic (exact) mass is 338 g/mol. The first-order chi connectivity index (χ1) is 12.0. The number of amides is 2. The quantitative estimate of drug-likeness (QED) is 0.842. The van der Waals surface area contributed by atoms with Gasteiger partial charge in [0.05, 0.1) is 5.92 Å². The van der Waals surface area contributed by atoms with Gasteiger partial charge in [0.1, 0.15) is 11.5 Å². The molecule has 0 radical (unpaired) electrons. The second kappa shape index (κ2) is 7.38. The predicted molar refractivity (Wildman–Crippen MR) is 95.2 cm³/mol. The van der Waals surface area contributed by atoms with E-state index < -0.39 is 0 Å². The standard InChI is InChI=1S/C20H22N2O3/c1-21-14-16(12-19(21)23)20(24)22(2)13-15-8-10-18(11-9-15)25-17-6-4-3-5-7-17/h3-11,16H,12-14H2,1-2H3. The Bertz CT molecular complexity index is 743. The van der Waals surface area contributed by atoms with E-state index in [4.69, 9.17) is 4.74 Å². The van der Waals surface area contributed by atoms with Crippen molar-refractivity contribution in [2.24, 2.45) is 5.92 Å². The first kappa shape index (κ1) is 17.0. The summed E-state index contributed by atoms with van der Waals surface area (Å²) < 4.78 is 5.77. The number of carbonyl (C=O) groups is 2. The molecule has 0 N–H and O–H groups in total. The van der Waals surface area contributed by atoms with E-state index in [-0.39, 0.29) is 17.7 Å². The summed E-state index contributed by atoms with van der Waals surface area (Å²) in [6.07, 6.45) is 0.309. The summed E-state index contributed by atoms with van der Waals surface area (Å²) in [5.74, 6) is 1.36. The van der Waals surface area contributed by atoms with Gasteiger partial charge in [-0.1, -0.05) is 30.3 Å². The van der Waals surface area contributed by atoms with Crippen LogP contribution in [0.15, 0.2) is 54.6 Å². The number of hydrogen-bond donors (Lipinski definition) is 0. The third kappa shape index (κ3) is 4.18. The number of benzene rings is 2. The van der Waals surface area contributed by atoms with Gasteiger partial charge in [0.15, 0.2) is 0 Å². The SMILES string of the molecule is CN1CC(C(=O)N(C)Cc2ccc(Oc3ccccc3)cc2)CC1=O. The van der Waals surface area contributed by atoms with E-state index in [1.54, 1.807) is 23.9 Å². The van der Waals surface area contributed by atoms with Gasteiger partial charge in [0, 0.05) is 33.6 Å². The maximum absolute atomic E-state index is 12.5. The smallest absolute Gasteiger partial charge is 0.228 e. The van der Waals surface area contributed by atoms with Crippen LogP contribution in [0.3, 0.4) is 0 Å². The molecule has 0 spiro atoms. The molecule has 1 aliphatic rings. The highest BCUT2D eigenvalue weighted by Gasteiger charge is 2.33. The third-order valence-electron chi connectivity index (χ3n) is 4.39. The number of rotatable bonds is 5. The molecule has 0 bridgehead atoms. The van der Waals surface area contributed by atoms with E-state index in [2.05, 4.69) is 0 Å². The van der Waals surface area contributed by atoms with Crippen LogP contribution in [-0.2, 0) is 16.1 Å². The van der Waals surface area contributed by atoms with Crippen molar-refractivity contribution in [3.63, 3.8) is 0 Å². The zero-order chi connectivity index (χ0) is 17.8. The molecule has 2 amide bonds. The molecule has 1 saturated heterocycles. The van der Waals surface area contributed by atoms with Crippen molar-refractivity contribution in [1.29, 1.82) is 0 Å². The van der Waals surface area contributed by atoms with E-state index >= 15 is 0 Å². The van der Waals surface area contributed by atoms with Crippen LogP contribution in [0.25, 0.3) is 0 Å². The van der Waals surface area contributed by atoms with Crippen LogP contribution in [0.4, 0.5) is 0 Å². The summed E-state index contributed by atoms with van der Waals surface area (Å²) in [6.45, 7) is 1.02. The van der Waals surface area contributed by atoms with Gasteiger partial charge in [0.25, 0.3) is 0 Å². The van der Waals surface area contributed by atoms with E-state index in [1.807, 2.05) is 54.6 Å².